The minimum atomic E-state index is -0.996. The van der Waals surface area contributed by atoms with Gasteiger partial charge in [-0.3, -0.25) is 0 Å². The Kier molecular flexibility index (Phi) is 3.10. The molecule has 0 spiro atoms. The maximum absolute atomic E-state index is 10.9. The van der Waals surface area contributed by atoms with E-state index >= 15 is 0 Å². The topological polar surface area (TPSA) is 84.3 Å². The van der Waals surface area contributed by atoms with E-state index in [1.165, 1.54) is 19.0 Å². The number of nitrogens with one attached hydrogen (secondary N) is 1. The summed E-state index contributed by atoms with van der Waals surface area (Å²) in [6, 6.07) is 0.238. The molecule has 0 radical (unpaired) electrons. The smallest absolute Gasteiger partial charge is 0.339 e. The van der Waals surface area contributed by atoms with Crippen LogP contribution in [0.2, 0.25) is 0 Å². The van der Waals surface area contributed by atoms with Gasteiger partial charge in [0.15, 0.2) is 0 Å². The molecule has 2 atom stereocenters. The number of carbonyl (C=O) groups is 1. The summed E-state index contributed by atoms with van der Waals surface area (Å²) in [6.07, 6.45) is 5.03. The summed E-state index contributed by atoms with van der Waals surface area (Å²) in [4.78, 5) is 19.2. The summed E-state index contributed by atoms with van der Waals surface area (Å²) in [5.41, 5.74) is 0.624. The molecule has 1 aromatic rings. The van der Waals surface area contributed by atoms with Gasteiger partial charge >= 0.3 is 5.97 Å². The number of hydrogen-bond donors (Lipinski definition) is 2. The van der Waals surface area contributed by atoms with E-state index in [1.54, 1.807) is 6.92 Å². The first kappa shape index (κ1) is 12.3. The van der Waals surface area contributed by atoms with Crippen LogP contribution in [0.5, 0.6) is 0 Å². The van der Waals surface area contributed by atoms with Crippen molar-refractivity contribution in [3.63, 3.8) is 0 Å². The van der Waals surface area contributed by atoms with E-state index in [2.05, 4.69) is 15.3 Å². The van der Waals surface area contributed by atoms with Crippen LogP contribution in [-0.4, -0.2) is 39.8 Å². The lowest BCUT2D eigenvalue weighted by Gasteiger charge is -2.19. The molecule has 2 unspecified atom stereocenters. The molecule has 0 aromatic carbocycles. The van der Waals surface area contributed by atoms with Crippen molar-refractivity contribution in [2.75, 3.05) is 11.9 Å². The molecule has 1 saturated heterocycles. The summed E-state index contributed by atoms with van der Waals surface area (Å²) < 4.78 is 5.74. The van der Waals surface area contributed by atoms with Crippen molar-refractivity contribution >= 4 is 11.9 Å². The minimum absolute atomic E-state index is 0.145. The predicted octanol–water partition coefficient (Wildman–Crippen LogP) is 1.46. The van der Waals surface area contributed by atoms with Gasteiger partial charge in [0.1, 0.15) is 0 Å². The lowest BCUT2D eigenvalue weighted by Crippen LogP contribution is -2.31. The van der Waals surface area contributed by atoms with Crippen LogP contribution in [-0.2, 0) is 4.74 Å². The van der Waals surface area contributed by atoms with Gasteiger partial charge < -0.3 is 15.2 Å². The van der Waals surface area contributed by atoms with Gasteiger partial charge in [-0.1, -0.05) is 0 Å². The van der Waals surface area contributed by atoms with Gasteiger partial charge in [-0.05, 0) is 32.1 Å². The number of carboxylic acid groups (broad SMARTS) is 1. The van der Waals surface area contributed by atoms with Crippen LogP contribution in [0.4, 0.5) is 5.95 Å². The second-order valence-corrected chi connectivity index (χ2v) is 5.21. The molecular formula is C13H17N3O3. The highest BCUT2D eigenvalue weighted by molar-refractivity contribution is 5.88. The Bertz CT molecular complexity index is 502. The number of aromatic nitrogens is 2. The zero-order valence-electron chi connectivity index (χ0n) is 10.8. The molecule has 1 aromatic heterocycles. The van der Waals surface area contributed by atoms with Crippen LogP contribution in [0.15, 0.2) is 6.20 Å². The number of ether oxygens (including phenoxy) is 1. The molecule has 19 heavy (non-hydrogen) atoms. The molecule has 1 aliphatic heterocycles. The molecule has 1 saturated carbocycles. The fraction of sp³-hybridized carbons (Fsp3) is 0.615. The molecule has 0 amide bonds. The number of carboxylic acids is 1. The first-order valence-corrected chi connectivity index (χ1v) is 6.60. The van der Waals surface area contributed by atoms with Crippen molar-refractivity contribution in [3.8, 4) is 0 Å². The largest absolute Gasteiger partial charge is 0.478 e. The van der Waals surface area contributed by atoms with Gasteiger partial charge in [0.05, 0.1) is 23.4 Å². The number of anilines is 1. The molecular weight excluding hydrogens is 246 g/mol. The van der Waals surface area contributed by atoms with Crippen molar-refractivity contribution in [2.45, 2.75) is 38.3 Å². The van der Waals surface area contributed by atoms with Crippen LogP contribution in [0.25, 0.3) is 0 Å². The van der Waals surface area contributed by atoms with Crippen molar-refractivity contribution in [2.24, 2.45) is 5.92 Å². The zero-order chi connectivity index (χ0) is 13.4. The summed E-state index contributed by atoms with van der Waals surface area (Å²) in [7, 11) is 0. The number of nitrogens with zero attached hydrogens (tertiary/aromatic N) is 2. The van der Waals surface area contributed by atoms with Gasteiger partial charge in [0.2, 0.25) is 5.95 Å². The summed E-state index contributed by atoms with van der Waals surface area (Å²) in [5.74, 6) is 0.159. The van der Waals surface area contributed by atoms with Crippen LogP contribution >= 0.6 is 0 Å². The quantitative estimate of drug-likeness (QED) is 0.855. The molecule has 2 N–H and O–H groups in total. The Morgan fingerprint density at radius 3 is 2.89 bits per heavy atom. The highest BCUT2D eigenvalue weighted by Crippen LogP contribution is 2.39. The molecule has 6 heteroatoms. The number of rotatable bonds is 4. The lowest BCUT2D eigenvalue weighted by molar-refractivity contribution is 0.0695. The van der Waals surface area contributed by atoms with Crippen molar-refractivity contribution in [3.05, 3.63) is 17.5 Å². The van der Waals surface area contributed by atoms with E-state index in [9.17, 15) is 4.79 Å². The molecule has 0 bridgehead atoms. The van der Waals surface area contributed by atoms with E-state index in [1.807, 2.05) is 0 Å². The van der Waals surface area contributed by atoms with Gasteiger partial charge in [0, 0.05) is 12.8 Å². The van der Waals surface area contributed by atoms with E-state index in [-0.39, 0.29) is 17.7 Å². The zero-order valence-corrected chi connectivity index (χ0v) is 10.8. The highest BCUT2D eigenvalue weighted by atomic mass is 16.5. The first-order chi connectivity index (χ1) is 9.15. The maximum Gasteiger partial charge on any atom is 0.339 e. The maximum atomic E-state index is 10.9. The minimum Gasteiger partial charge on any atom is -0.478 e. The Morgan fingerprint density at radius 2 is 2.26 bits per heavy atom. The van der Waals surface area contributed by atoms with Gasteiger partial charge in [-0.25, -0.2) is 14.8 Å². The van der Waals surface area contributed by atoms with E-state index < -0.39 is 5.97 Å². The Morgan fingerprint density at radius 1 is 1.47 bits per heavy atom. The standard InChI is InChI=1S/C13H17N3O3/c1-7-9(12(17)18)6-14-13(15-7)16-10-4-5-19-11(10)8-2-3-8/h6,8,10-11H,2-5H2,1H3,(H,17,18)(H,14,15,16). The van der Waals surface area contributed by atoms with Crippen molar-refractivity contribution in [1.29, 1.82) is 0 Å². The third-order valence-corrected chi connectivity index (χ3v) is 3.75. The van der Waals surface area contributed by atoms with Crippen molar-refractivity contribution < 1.29 is 14.6 Å². The van der Waals surface area contributed by atoms with Crippen LogP contribution < -0.4 is 5.32 Å². The molecule has 1 aliphatic carbocycles. The summed E-state index contributed by atoms with van der Waals surface area (Å²) in [6.45, 7) is 2.45. The van der Waals surface area contributed by atoms with Gasteiger partial charge in [-0.2, -0.15) is 0 Å². The van der Waals surface area contributed by atoms with Gasteiger partial charge in [0.25, 0.3) is 0 Å². The molecule has 3 rings (SSSR count). The predicted molar refractivity (Wildman–Crippen MR) is 68.2 cm³/mol. The molecule has 2 fully saturated rings. The molecule has 102 valence electrons. The first-order valence-electron chi connectivity index (χ1n) is 6.60. The molecule has 2 aliphatic rings. The second-order valence-electron chi connectivity index (χ2n) is 5.21. The fourth-order valence-corrected chi connectivity index (χ4v) is 2.57. The monoisotopic (exact) mass is 263 g/mol. The Balaban J connectivity index is 1.72. The van der Waals surface area contributed by atoms with Gasteiger partial charge in [-0.15, -0.1) is 0 Å². The van der Waals surface area contributed by atoms with Crippen LogP contribution in [0.1, 0.15) is 35.3 Å². The van der Waals surface area contributed by atoms with Crippen LogP contribution in [0.3, 0.4) is 0 Å². The summed E-state index contributed by atoms with van der Waals surface area (Å²) in [5, 5.41) is 12.2. The molecule has 6 nitrogen and oxygen atoms in total. The lowest BCUT2D eigenvalue weighted by atomic mass is 10.1. The third-order valence-electron chi connectivity index (χ3n) is 3.75. The number of aromatic carboxylic acids is 1. The van der Waals surface area contributed by atoms with Crippen molar-refractivity contribution in [1.82, 2.24) is 9.97 Å². The highest BCUT2D eigenvalue weighted by Gasteiger charge is 2.40. The third kappa shape index (κ3) is 2.53. The van der Waals surface area contributed by atoms with E-state index in [4.69, 9.17) is 9.84 Å². The van der Waals surface area contributed by atoms with E-state index in [0.29, 0.717) is 17.6 Å². The average Bonchev–Trinajstić information content (AvgIpc) is 3.10. The molecule has 2 heterocycles. The summed E-state index contributed by atoms with van der Waals surface area (Å²) >= 11 is 0. The SMILES string of the molecule is Cc1nc(NC2CCOC2C2CC2)ncc1C(=O)O. The second kappa shape index (κ2) is 4.77. The average molecular weight is 263 g/mol. The van der Waals surface area contributed by atoms with E-state index in [0.717, 1.165) is 13.0 Å². The number of hydrogen-bond acceptors (Lipinski definition) is 5. The fourth-order valence-electron chi connectivity index (χ4n) is 2.57. The number of aryl methyl sites for hydroxylation is 1. The Labute approximate surface area is 111 Å². The Hall–Kier alpha value is -1.69. The van der Waals surface area contributed by atoms with Crippen LogP contribution in [0, 0.1) is 12.8 Å². The normalized spacial score (nSPS) is 26.4.